The Bertz CT molecular complexity index is 873. The van der Waals surface area contributed by atoms with Crippen LogP contribution in [0.4, 0.5) is 0 Å². The topological polar surface area (TPSA) is 38.8 Å². The summed E-state index contributed by atoms with van der Waals surface area (Å²) in [5, 5.41) is 0. The average molecular weight is 410 g/mol. The summed E-state index contributed by atoms with van der Waals surface area (Å²) in [5.41, 5.74) is 5.02. The van der Waals surface area contributed by atoms with Crippen LogP contribution < -0.4 is 9.47 Å². The molecule has 0 spiro atoms. The number of nitrogens with zero attached hydrogens (tertiary/aromatic N) is 1. The number of rotatable bonds is 7. The van der Waals surface area contributed by atoms with Gasteiger partial charge >= 0.3 is 0 Å². The van der Waals surface area contributed by atoms with Gasteiger partial charge in [0.05, 0.1) is 20.3 Å². The SMILES string of the molecule is CCC(=O)N1CCc2cc(OC)c(OC)cc2C1C(C)c1ccc(CC(C)C)cc1. The lowest BCUT2D eigenvalue weighted by atomic mass is 9.81. The van der Waals surface area contributed by atoms with Crippen molar-refractivity contribution in [1.29, 1.82) is 0 Å². The zero-order valence-electron chi connectivity index (χ0n) is 19.2. The molecule has 0 bridgehead atoms. The van der Waals surface area contributed by atoms with Crippen LogP contribution in [0.3, 0.4) is 0 Å². The highest BCUT2D eigenvalue weighted by Gasteiger charge is 2.35. The Morgan fingerprint density at radius 1 is 1.07 bits per heavy atom. The van der Waals surface area contributed by atoms with Gasteiger partial charge in [-0.2, -0.15) is 0 Å². The molecule has 0 aliphatic carbocycles. The van der Waals surface area contributed by atoms with Crippen LogP contribution in [-0.4, -0.2) is 31.6 Å². The van der Waals surface area contributed by atoms with E-state index in [1.165, 1.54) is 22.3 Å². The first kappa shape index (κ1) is 22.2. The number of amides is 1. The molecule has 4 heteroatoms. The Kier molecular flexibility index (Phi) is 7.06. The molecule has 0 saturated carbocycles. The number of ether oxygens (including phenoxy) is 2. The van der Waals surface area contributed by atoms with Crippen molar-refractivity contribution in [3.8, 4) is 11.5 Å². The molecule has 2 aromatic rings. The van der Waals surface area contributed by atoms with Crippen molar-refractivity contribution in [2.24, 2.45) is 5.92 Å². The second kappa shape index (κ2) is 9.55. The van der Waals surface area contributed by atoms with E-state index in [1.807, 2.05) is 6.92 Å². The van der Waals surface area contributed by atoms with Gasteiger partial charge in [-0.05, 0) is 53.1 Å². The predicted molar refractivity (Wildman–Crippen MR) is 121 cm³/mol. The molecule has 0 saturated heterocycles. The molecule has 1 heterocycles. The molecule has 4 nitrogen and oxygen atoms in total. The quantitative estimate of drug-likeness (QED) is 0.602. The number of carbonyl (C=O) groups is 1. The molecule has 2 unspecified atom stereocenters. The summed E-state index contributed by atoms with van der Waals surface area (Å²) in [6.07, 6.45) is 2.43. The zero-order valence-corrected chi connectivity index (χ0v) is 19.2. The van der Waals surface area contributed by atoms with E-state index in [0.717, 1.165) is 25.1 Å². The van der Waals surface area contributed by atoms with Crippen LogP contribution in [0.1, 0.15) is 68.3 Å². The van der Waals surface area contributed by atoms with Gasteiger partial charge in [0, 0.05) is 18.9 Å². The van der Waals surface area contributed by atoms with Crippen molar-refractivity contribution >= 4 is 5.91 Å². The van der Waals surface area contributed by atoms with Crippen molar-refractivity contribution in [1.82, 2.24) is 4.90 Å². The number of hydrogen-bond donors (Lipinski definition) is 0. The molecule has 0 fully saturated rings. The largest absolute Gasteiger partial charge is 0.493 e. The molecule has 1 aliphatic rings. The van der Waals surface area contributed by atoms with Crippen LogP contribution in [0.25, 0.3) is 0 Å². The predicted octanol–water partition coefficient (Wildman–Crippen LogP) is 5.54. The fourth-order valence-electron chi connectivity index (χ4n) is 4.61. The van der Waals surface area contributed by atoms with E-state index in [2.05, 4.69) is 62.1 Å². The molecule has 3 rings (SSSR count). The van der Waals surface area contributed by atoms with Crippen molar-refractivity contribution in [2.75, 3.05) is 20.8 Å². The summed E-state index contributed by atoms with van der Waals surface area (Å²) in [5.74, 6) is 2.47. The normalized spacial score (nSPS) is 16.9. The van der Waals surface area contributed by atoms with E-state index < -0.39 is 0 Å². The summed E-state index contributed by atoms with van der Waals surface area (Å²) in [7, 11) is 3.33. The molecule has 162 valence electrons. The van der Waals surface area contributed by atoms with E-state index in [0.29, 0.717) is 18.1 Å². The third-order valence-corrected chi connectivity index (χ3v) is 6.17. The minimum Gasteiger partial charge on any atom is -0.493 e. The summed E-state index contributed by atoms with van der Waals surface area (Å²) < 4.78 is 11.1. The number of hydrogen-bond acceptors (Lipinski definition) is 3. The van der Waals surface area contributed by atoms with E-state index in [-0.39, 0.29) is 17.9 Å². The molecule has 0 radical (unpaired) electrons. The number of carbonyl (C=O) groups excluding carboxylic acids is 1. The van der Waals surface area contributed by atoms with Crippen LogP contribution in [0.15, 0.2) is 36.4 Å². The Balaban J connectivity index is 2.03. The van der Waals surface area contributed by atoms with Gasteiger partial charge in [-0.3, -0.25) is 4.79 Å². The molecule has 30 heavy (non-hydrogen) atoms. The lowest BCUT2D eigenvalue weighted by Crippen LogP contribution is -2.42. The Morgan fingerprint density at radius 2 is 1.70 bits per heavy atom. The lowest BCUT2D eigenvalue weighted by molar-refractivity contribution is -0.134. The van der Waals surface area contributed by atoms with Gasteiger partial charge in [-0.25, -0.2) is 0 Å². The summed E-state index contributed by atoms with van der Waals surface area (Å²) >= 11 is 0. The van der Waals surface area contributed by atoms with Crippen LogP contribution >= 0.6 is 0 Å². The molecule has 2 atom stereocenters. The van der Waals surface area contributed by atoms with Gasteiger partial charge in [-0.15, -0.1) is 0 Å². The Hall–Kier alpha value is -2.49. The van der Waals surface area contributed by atoms with Crippen molar-refractivity contribution in [3.63, 3.8) is 0 Å². The molecule has 0 N–H and O–H groups in total. The molecule has 0 aromatic heterocycles. The second-order valence-electron chi connectivity index (χ2n) is 8.67. The minimum absolute atomic E-state index is 0.0167. The maximum absolute atomic E-state index is 12.8. The monoisotopic (exact) mass is 409 g/mol. The molecule has 1 amide bonds. The van der Waals surface area contributed by atoms with E-state index in [4.69, 9.17) is 9.47 Å². The first-order valence-corrected chi connectivity index (χ1v) is 11.0. The van der Waals surface area contributed by atoms with Gasteiger partial charge in [0.1, 0.15) is 0 Å². The molecule has 1 aliphatic heterocycles. The molecular formula is C26H35NO3. The van der Waals surface area contributed by atoms with E-state index >= 15 is 0 Å². The average Bonchev–Trinajstić information content (AvgIpc) is 2.76. The maximum atomic E-state index is 12.8. The first-order chi connectivity index (χ1) is 14.4. The number of fused-ring (bicyclic) bond motifs is 1. The van der Waals surface area contributed by atoms with Crippen molar-refractivity contribution in [3.05, 3.63) is 58.7 Å². The Morgan fingerprint density at radius 3 is 2.27 bits per heavy atom. The smallest absolute Gasteiger partial charge is 0.222 e. The van der Waals surface area contributed by atoms with Crippen molar-refractivity contribution in [2.45, 2.75) is 58.9 Å². The second-order valence-corrected chi connectivity index (χ2v) is 8.67. The van der Waals surface area contributed by atoms with Gasteiger partial charge in [0.15, 0.2) is 11.5 Å². The number of benzene rings is 2. The maximum Gasteiger partial charge on any atom is 0.222 e. The van der Waals surface area contributed by atoms with Gasteiger partial charge in [0.2, 0.25) is 5.91 Å². The van der Waals surface area contributed by atoms with Gasteiger partial charge < -0.3 is 14.4 Å². The van der Waals surface area contributed by atoms with Crippen LogP contribution in [0.2, 0.25) is 0 Å². The Labute approximate surface area is 181 Å². The van der Waals surface area contributed by atoms with Gasteiger partial charge in [0.25, 0.3) is 0 Å². The van der Waals surface area contributed by atoms with E-state index in [9.17, 15) is 4.79 Å². The minimum atomic E-state index is -0.0167. The third kappa shape index (κ3) is 4.48. The first-order valence-electron chi connectivity index (χ1n) is 11.0. The summed E-state index contributed by atoms with van der Waals surface area (Å²) in [6.45, 7) is 9.38. The summed E-state index contributed by atoms with van der Waals surface area (Å²) in [6, 6.07) is 13.0. The van der Waals surface area contributed by atoms with Crippen LogP contribution in [0, 0.1) is 5.92 Å². The third-order valence-electron chi connectivity index (χ3n) is 6.17. The molecule has 2 aromatic carbocycles. The fourth-order valence-corrected chi connectivity index (χ4v) is 4.61. The fraction of sp³-hybridized carbons (Fsp3) is 0.500. The molecular weight excluding hydrogens is 374 g/mol. The zero-order chi connectivity index (χ0) is 21.8. The van der Waals surface area contributed by atoms with Crippen LogP contribution in [-0.2, 0) is 17.6 Å². The number of methoxy groups -OCH3 is 2. The highest BCUT2D eigenvalue weighted by Crippen LogP contribution is 2.44. The highest BCUT2D eigenvalue weighted by molar-refractivity contribution is 5.77. The van der Waals surface area contributed by atoms with Crippen LogP contribution in [0.5, 0.6) is 11.5 Å². The lowest BCUT2D eigenvalue weighted by Gasteiger charge is -2.41. The highest BCUT2D eigenvalue weighted by atomic mass is 16.5. The van der Waals surface area contributed by atoms with E-state index in [1.54, 1.807) is 14.2 Å². The standard InChI is InChI=1S/C26H35NO3/c1-7-25(28)27-13-12-21-15-23(29-5)24(30-6)16-22(21)26(27)18(4)20-10-8-19(9-11-20)14-17(2)3/h8-11,15-18,26H,7,12-14H2,1-6H3. The van der Waals surface area contributed by atoms with Crippen molar-refractivity contribution < 1.29 is 14.3 Å². The summed E-state index contributed by atoms with van der Waals surface area (Å²) in [4.78, 5) is 14.9. The van der Waals surface area contributed by atoms with Gasteiger partial charge in [-0.1, -0.05) is 52.0 Å².